The summed E-state index contributed by atoms with van der Waals surface area (Å²) in [6.45, 7) is 1.57. The molecule has 0 aromatic heterocycles. The molecule has 0 spiro atoms. The van der Waals surface area contributed by atoms with Crippen molar-refractivity contribution >= 4 is 31.3 Å². The third-order valence-corrected chi connectivity index (χ3v) is 3.30. The predicted octanol–water partition coefficient (Wildman–Crippen LogP) is 2.28. The second-order valence-electron chi connectivity index (χ2n) is 2.49. The molecule has 0 aliphatic heterocycles. The van der Waals surface area contributed by atoms with E-state index in [9.17, 15) is 13.5 Å². The Balaban J connectivity index is 3.47. The van der Waals surface area contributed by atoms with Crippen LogP contribution < -0.4 is 0 Å². The highest BCUT2D eigenvalue weighted by molar-refractivity contribution is 8.13. The number of benzene rings is 1. The van der Waals surface area contributed by atoms with Gasteiger partial charge in [0.15, 0.2) is 0 Å². The Morgan fingerprint density at radius 2 is 1.92 bits per heavy atom. The molecule has 0 saturated carbocycles. The quantitative estimate of drug-likeness (QED) is 0.767. The highest BCUT2D eigenvalue weighted by Gasteiger charge is 2.14. The molecule has 0 radical (unpaired) electrons. The number of aromatic hydroxyl groups is 1. The Hall–Kier alpha value is -0.450. The van der Waals surface area contributed by atoms with Gasteiger partial charge in [-0.15, -0.1) is 0 Å². The smallest absolute Gasteiger partial charge is 0.261 e. The fourth-order valence-electron chi connectivity index (χ4n) is 0.781. The van der Waals surface area contributed by atoms with Crippen LogP contribution in [0.3, 0.4) is 0 Å². The van der Waals surface area contributed by atoms with Gasteiger partial charge in [-0.2, -0.15) is 0 Å². The standard InChI is InChI=1S/C7H6Cl2O3S/c1-4-6(8)2-5(3-7(4)10)13(9,11)12/h2-3,10H,1H3. The maximum atomic E-state index is 10.8. The summed E-state index contributed by atoms with van der Waals surface area (Å²) in [5.74, 6) is -0.188. The van der Waals surface area contributed by atoms with Gasteiger partial charge in [-0.3, -0.25) is 0 Å². The Morgan fingerprint density at radius 3 is 2.31 bits per heavy atom. The van der Waals surface area contributed by atoms with E-state index in [4.69, 9.17) is 22.3 Å². The van der Waals surface area contributed by atoms with Gasteiger partial charge >= 0.3 is 0 Å². The third kappa shape index (κ3) is 2.27. The first-order valence-corrected chi connectivity index (χ1v) is 5.95. The lowest BCUT2D eigenvalue weighted by molar-refractivity contribution is 0.469. The highest BCUT2D eigenvalue weighted by Crippen LogP contribution is 2.29. The van der Waals surface area contributed by atoms with Gasteiger partial charge in [-0.1, -0.05) is 11.6 Å². The van der Waals surface area contributed by atoms with Gasteiger partial charge in [0, 0.05) is 27.3 Å². The van der Waals surface area contributed by atoms with E-state index in [1.165, 1.54) is 6.07 Å². The number of hydrogen-bond acceptors (Lipinski definition) is 3. The highest BCUT2D eigenvalue weighted by atomic mass is 35.7. The zero-order chi connectivity index (χ0) is 10.2. The molecule has 0 bridgehead atoms. The molecule has 1 N–H and O–H groups in total. The summed E-state index contributed by atoms with van der Waals surface area (Å²) in [7, 11) is 1.22. The normalized spacial score (nSPS) is 11.6. The minimum Gasteiger partial charge on any atom is -0.508 e. The minimum atomic E-state index is -3.84. The monoisotopic (exact) mass is 240 g/mol. The molecule has 0 aliphatic carbocycles. The fraction of sp³-hybridized carbons (Fsp3) is 0.143. The van der Waals surface area contributed by atoms with Gasteiger partial charge in [0.25, 0.3) is 9.05 Å². The van der Waals surface area contributed by atoms with Gasteiger partial charge < -0.3 is 5.11 Å². The van der Waals surface area contributed by atoms with Crippen LogP contribution in [0.15, 0.2) is 17.0 Å². The molecular formula is C7H6Cl2O3S. The number of phenolic OH excluding ortho intramolecular Hbond substituents is 1. The van der Waals surface area contributed by atoms with Crippen molar-refractivity contribution in [2.75, 3.05) is 0 Å². The predicted molar refractivity (Wildman–Crippen MR) is 50.9 cm³/mol. The zero-order valence-electron chi connectivity index (χ0n) is 6.58. The van der Waals surface area contributed by atoms with Gasteiger partial charge in [0.1, 0.15) is 5.75 Å². The first kappa shape index (κ1) is 10.6. The lowest BCUT2D eigenvalue weighted by Gasteiger charge is -2.03. The SMILES string of the molecule is Cc1c(O)cc(S(=O)(=O)Cl)cc1Cl. The number of hydrogen-bond donors (Lipinski definition) is 1. The van der Waals surface area contributed by atoms with E-state index in [1.807, 2.05) is 0 Å². The molecule has 1 aromatic rings. The second-order valence-corrected chi connectivity index (χ2v) is 5.46. The summed E-state index contributed by atoms with van der Waals surface area (Å²) in [6.07, 6.45) is 0. The van der Waals surface area contributed by atoms with E-state index in [0.29, 0.717) is 5.56 Å². The molecule has 1 rings (SSSR count). The van der Waals surface area contributed by atoms with Crippen molar-refractivity contribution in [2.45, 2.75) is 11.8 Å². The van der Waals surface area contributed by atoms with Crippen molar-refractivity contribution in [1.82, 2.24) is 0 Å². The lowest BCUT2D eigenvalue weighted by Crippen LogP contribution is -1.91. The molecule has 0 atom stereocenters. The average Bonchev–Trinajstić information content (AvgIpc) is 1.97. The van der Waals surface area contributed by atoms with Crippen LogP contribution in [0.1, 0.15) is 5.56 Å². The molecule has 0 aliphatic rings. The van der Waals surface area contributed by atoms with Crippen LogP contribution in [0.5, 0.6) is 5.75 Å². The summed E-state index contributed by atoms with van der Waals surface area (Å²) in [5, 5.41) is 9.40. The van der Waals surface area contributed by atoms with Crippen LogP contribution in [0, 0.1) is 6.92 Å². The second kappa shape index (κ2) is 3.36. The summed E-state index contributed by atoms with van der Waals surface area (Å²) in [6, 6.07) is 2.25. The maximum Gasteiger partial charge on any atom is 0.261 e. The van der Waals surface area contributed by atoms with Crippen LogP contribution >= 0.6 is 22.3 Å². The Kier molecular flexibility index (Phi) is 2.75. The van der Waals surface area contributed by atoms with E-state index in [-0.39, 0.29) is 15.7 Å². The number of phenols is 1. The largest absolute Gasteiger partial charge is 0.508 e. The Bertz CT molecular complexity index is 416. The van der Waals surface area contributed by atoms with Crippen LogP contribution in [0.25, 0.3) is 0 Å². The molecule has 6 heteroatoms. The average molecular weight is 241 g/mol. The van der Waals surface area contributed by atoms with Crippen molar-refractivity contribution in [3.05, 3.63) is 22.7 Å². The van der Waals surface area contributed by atoms with E-state index in [1.54, 1.807) is 6.92 Å². The van der Waals surface area contributed by atoms with Gasteiger partial charge in [0.2, 0.25) is 0 Å². The van der Waals surface area contributed by atoms with E-state index in [0.717, 1.165) is 6.07 Å². The summed E-state index contributed by atoms with van der Waals surface area (Å²) < 4.78 is 21.7. The molecule has 1 aromatic carbocycles. The van der Waals surface area contributed by atoms with Gasteiger partial charge in [0.05, 0.1) is 4.90 Å². The zero-order valence-corrected chi connectivity index (χ0v) is 8.91. The number of rotatable bonds is 1. The van der Waals surface area contributed by atoms with Gasteiger partial charge in [-0.05, 0) is 13.0 Å². The molecule has 13 heavy (non-hydrogen) atoms. The molecule has 0 heterocycles. The topological polar surface area (TPSA) is 54.4 Å². The van der Waals surface area contributed by atoms with Crippen molar-refractivity contribution < 1.29 is 13.5 Å². The molecular weight excluding hydrogens is 235 g/mol. The first-order valence-electron chi connectivity index (χ1n) is 3.26. The maximum absolute atomic E-state index is 10.8. The lowest BCUT2D eigenvalue weighted by atomic mass is 10.2. The molecule has 0 saturated heterocycles. The minimum absolute atomic E-state index is 0.166. The van der Waals surface area contributed by atoms with Crippen molar-refractivity contribution in [3.8, 4) is 5.75 Å². The van der Waals surface area contributed by atoms with Crippen LogP contribution in [-0.4, -0.2) is 13.5 Å². The van der Waals surface area contributed by atoms with Crippen LogP contribution in [0.2, 0.25) is 5.02 Å². The van der Waals surface area contributed by atoms with Gasteiger partial charge in [-0.25, -0.2) is 8.42 Å². The van der Waals surface area contributed by atoms with E-state index < -0.39 is 9.05 Å². The summed E-state index contributed by atoms with van der Waals surface area (Å²) in [5.41, 5.74) is 0.422. The van der Waals surface area contributed by atoms with E-state index in [2.05, 4.69) is 0 Å². The van der Waals surface area contributed by atoms with Crippen LogP contribution in [0.4, 0.5) is 0 Å². The molecule has 0 amide bonds. The fourth-order valence-corrected chi connectivity index (χ4v) is 1.84. The summed E-state index contributed by atoms with van der Waals surface area (Å²) >= 11 is 5.64. The Labute approximate surface area is 85.3 Å². The molecule has 72 valence electrons. The van der Waals surface area contributed by atoms with Crippen molar-refractivity contribution in [3.63, 3.8) is 0 Å². The van der Waals surface area contributed by atoms with Crippen LogP contribution in [-0.2, 0) is 9.05 Å². The molecule has 3 nitrogen and oxygen atoms in total. The van der Waals surface area contributed by atoms with Crippen molar-refractivity contribution in [2.24, 2.45) is 0 Å². The Morgan fingerprint density at radius 1 is 1.38 bits per heavy atom. The van der Waals surface area contributed by atoms with Crippen molar-refractivity contribution in [1.29, 1.82) is 0 Å². The first-order chi connectivity index (χ1) is 5.82. The van der Waals surface area contributed by atoms with E-state index >= 15 is 0 Å². The molecule has 0 fully saturated rings. The molecule has 0 unspecified atom stereocenters. The number of halogens is 2. The summed E-state index contributed by atoms with van der Waals surface area (Å²) in [4.78, 5) is -0.206. The third-order valence-electron chi connectivity index (χ3n) is 1.57.